The van der Waals surface area contributed by atoms with Gasteiger partial charge in [0.15, 0.2) is 10.9 Å². The van der Waals surface area contributed by atoms with E-state index in [-0.39, 0.29) is 16.9 Å². The van der Waals surface area contributed by atoms with Crippen LogP contribution >= 0.6 is 12.2 Å². The Morgan fingerprint density at radius 1 is 0.939 bits per heavy atom. The minimum Gasteiger partial charge on any atom is -0.459 e. The van der Waals surface area contributed by atoms with E-state index in [9.17, 15) is 9.59 Å². The average Bonchev–Trinajstić information content (AvgIpc) is 3.33. The first-order valence-corrected chi connectivity index (χ1v) is 11.2. The van der Waals surface area contributed by atoms with Gasteiger partial charge in [-0.3, -0.25) is 14.9 Å². The van der Waals surface area contributed by atoms with Gasteiger partial charge in [0.05, 0.1) is 6.26 Å². The quantitative estimate of drug-likeness (QED) is 0.571. The highest BCUT2D eigenvalue weighted by Gasteiger charge is 2.23. The molecule has 2 amide bonds. The Balaban J connectivity index is 1.29. The highest BCUT2D eigenvalue weighted by molar-refractivity contribution is 7.80. The largest absolute Gasteiger partial charge is 0.459 e. The molecule has 1 aliphatic rings. The summed E-state index contributed by atoms with van der Waals surface area (Å²) in [6.45, 7) is 6.66. The highest BCUT2D eigenvalue weighted by atomic mass is 32.1. The monoisotopic (exact) mass is 462 g/mol. The molecule has 170 valence electrons. The normalized spacial score (nSPS) is 13.5. The zero-order valence-corrected chi connectivity index (χ0v) is 19.4. The van der Waals surface area contributed by atoms with Gasteiger partial charge in [0.25, 0.3) is 11.8 Å². The topological polar surface area (TPSA) is 77.8 Å². The number of hydrogen-bond acceptors (Lipinski definition) is 5. The molecule has 7 nitrogen and oxygen atoms in total. The van der Waals surface area contributed by atoms with Crippen LogP contribution in [0.25, 0.3) is 0 Å². The average molecular weight is 463 g/mol. The van der Waals surface area contributed by atoms with E-state index in [1.807, 2.05) is 61.2 Å². The SMILES string of the molecule is Cc1cc(C)cc(C(=O)NC(=S)Nc2ccc(N3CCN(C(=O)c4ccco4)CC3)cc2)c1. The van der Waals surface area contributed by atoms with Crippen molar-refractivity contribution in [3.8, 4) is 0 Å². The number of hydrogen-bond donors (Lipinski definition) is 2. The lowest BCUT2D eigenvalue weighted by Gasteiger charge is -2.35. The van der Waals surface area contributed by atoms with Gasteiger partial charge in [-0.15, -0.1) is 0 Å². The molecule has 8 heteroatoms. The molecule has 0 atom stereocenters. The first kappa shape index (κ1) is 22.5. The minimum absolute atomic E-state index is 0.0735. The molecule has 2 aromatic carbocycles. The summed E-state index contributed by atoms with van der Waals surface area (Å²) in [4.78, 5) is 28.9. The molecule has 1 saturated heterocycles. The van der Waals surface area contributed by atoms with Gasteiger partial charge in [0.1, 0.15) is 0 Å². The van der Waals surface area contributed by atoms with E-state index >= 15 is 0 Å². The van der Waals surface area contributed by atoms with Crippen LogP contribution in [0.1, 0.15) is 32.0 Å². The van der Waals surface area contributed by atoms with Gasteiger partial charge in [-0.1, -0.05) is 17.2 Å². The summed E-state index contributed by atoms with van der Waals surface area (Å²) in [5.41, 5.74) is 4.49. The summed E-state index contributed by atoms with van der Waals surface area (Å²) in [5, 5.41) is 6.03. The zero-order valence-electron chi connectivity index (χ0n) is 18.6. The standard InChI is InChI=1S/C25H26N4O3S/c1-17-14-18(2)16-19(15-17)23(30)27-25(33)26-20-5-7-21(8-6-20)28-9-11-29(12-10-28)24(31)22-4-3-13-32-22/h3-8,13-16H,9-12H2,1-2H3,(H2,26,27,30,33). The van der Waals surface area contributed by atoms with Crippen molar-refractivity contribution >= 4 is 40.5 Å². The fourth-order valence-corrected chi connectivity index (χ4v) is 4.13. The van der Waals surface area contributed by atoms with Crippen LogP contribution in [0.2, 0.25) is 0 Å². The number of carbonyl (C=O) groups excluding carboxylic acids is 2. The van der Waals surface area contributed by atoms with Crippen LogP contribution in [0, 0.1) is 13.8 Å². The molecule has 0 unspecified atom stereocenters. The van der Waals surface area contributed by atoms with Crippen LogP contribution in [-0.2, 0) is 0 Å². The maximum atomic E-state index is 12.5. The molecule has 0 aliphatic carbocycles. The first-order valence-electron chi connectivity index (χ1n) is 10.8. The number of piperazine rings is 1. The molecule has 1 aliphatic heterocycles. The molecule has 0 saturated carbocycles. The van der Waals surface area contributed by atoms with Crippen LogP contribution in [0.4, 0.5) is 11.4 Å². The van der Waals surface area contributed by atoms with Gasteiger partial charge in [-0.2, -0.15) is 0 Å². The first-order chi connectivity index (χ1) is 15.9. The Labute approximate surface area is 198 Å². The molecule has 2 heterocycles. The van der Waals surface area contributed by atoms with Gasteiger partial charge in [0, 0.05) is 43.1 Å². The molecular formula is C25H26N4O3S. The van der Waals surface area contributed by atoms with Crippen molar-refractivity contribution in [2.45, 2.75) is 13.8 Å². The molecule has 0 bridgehead atoms. The van der Waals surface area contributed by atoms with Crippen molar-refractivity contribution < 1.29 is 14.0 Å². The molecular weight excluding hydrogens is 436 g/mol. The number of nitrogens with one attached hydrogen (secondary N) is 2. The van der Waals surface area contributed by atoms with E-state index in [1.165, 1.54) is 6.26 Å². The van der Waals surface area contributed by atoms with Crippen LogP contribution in [0.5, 0.6) is 0 Å². The van der Waals surface area contributed by atoms with E-state index in [2.05, 4.69) is 15.5 Å². The Kier molecular flexibility index (Phi) is 6.74. The summed E-state index contributed by atoms with van der Waals surface area (Å²) in [6.07, 6.45) is 1.51. The predicted molar refractivity (Wildman–Crippen MR) is 133 cm³/mol. The third kappa shape index (κ3) is 5.59. The van der Waals surface area contributed by atoms with Crippen LogP contribution < -0.4 is 15.5 Å². The Bertz CT molecular complexity index is 1130. The van der Waals surface area contributed by atoms with E-state index in [1.54, 1.807) is 12.1 Å². The van der Waals surface area contributed by atoms with Crippen LogP contribution in [0.15, 0.2) is 65.3 Å². The summed E-state index contributed by atoms with van der Waals surface area (Å²) < 4.78 is 5.22. The van der Waals surface area contributed by atoms with Crippen molar-refractivity contribution in [2.24, 2.45) is 0 Å². The van der Waals surface area contributed by atoms with Gasteiger partial charge < -0.3 is 19.5 Å². The van der Waals surface area contributed by atoms with E-state index in [0.717, 1.165) is 35.6 Å². The van der Waals surface area contributed by atoms with Gasteiger partial charge in [0.2, 0.25) is 0 Å². The van der Waals surface area contributed by atoms with Crippen molar-refractivity contribution in [3.63, 3.8) is 0 Å². The molecule has 0 spiro atoms. The fourth-order valence-electron chi connectivity index (χ4n) is 3.92. The maximum absolute atomic E-state index is 12.5. The van der Waals surface area contributed by atoms with Crippen molar-refractivity contribution in [2.75, 3.05) is 36.4 Å². The lowest BCUT2D eigenvalue weighted by molar-refractivity contribution is 0.0714. The highest BCUT2D eigenvalue weighted by Crippen LogP contribution is 2.20. The van der Waals surface area contributed by atoms with Crippen molar-refractivity contribution in [3.05, 3.63) is 83.3 Å². The number of anilines is 2. The molecule has 33 heavy (non-hydrogen) atoms. The fraction of sp³-hybridized carbons (Fsp3) is 0.240. The van der Waals surface area contributed by atoms with E-state index < -0.39 is 0 Å². The van der Waals surface area contributed by atoms with Gasteiger partial charge in [-0.05, 0) is 74.6 Å². The second kappa shape index (κ2) is 9.87. The van der Waals surface area contributed by atoms with Crippen LogP contribution in [0.3, 0.4) is 0 Å². The molecule has 2 N–H and O–H groups in total. The predicted octanol–water partition coefficient (Wildman–Crippen LogP) is 3.99. The Morgan fingerprint density at radius 2 is 1.61 bits per heavy atom. The lowest BCUT2D eigenvalue weighted by atomic mass is 10.1. The Morgan fingerprint density at radius 3 is 2.21 bits per heavy atom. The van der Waals surface area contributed by atoms with Crippen molar-refractivity contribution in [1.29, 1.82) is 0 Å². The Hall–Kier alpha value is -3.65. The summed E-state index contributed by atoms with van der Waals surface area (Å²) in [6, 6.07) is 16.9. The number of thiocarbonyl (C=S) groups is 1. The molecule has 1 aromatic heterocycles. The number of aryl methyl sites for hydroxylation is 2. The van der Waals surface area contributed by atoms with Crippen LogP contribution in [-0.4, -0.2) is 48.0 Å². The summed E-state index contributed by atoms with van der Waals surface area (Å²) >= 11 is 5.31. The lowest BCUT2D eigenvalue weighted by Crippen LogP contribution is -2.48. The third-order valence-electron chi connectivity index (χ3n) is 5.50. The summed E-state index contributed by atoms with van der Waals surface area (Å²) in [5.74, 6) is 0.0629. The minimum atomic E-state index is -0.238. The maximum Gasteiger partial charge on any atom is 0.289 e. The number of carbonyl (C=O) groups is 2. The van der Waals surface area contributed by atoms with E-state index in [0.29, 0.717) is 24.4 Å². The number of benzene rings is 2. The third-order valence-corrected chi connectivity index (χ3v) is 5.70. The second-order valence-corrected chi connectivity index (χ2v) is 8.50. The molecule has 3 aromatic rings. The summed E-state index contributed by atoms with van der Waals surface area (Å²) in [7, 11) is 0. The number of rotatable bonds is 4. The smallest absolute Gasteiger partial charge is 0.289 e. The van der Waals surface area contributed by atoms with E-state index in [4.69, 9.17) is 16.6 Å². The number of nitrogens with zero attached hydrogens (tertiary/aromatic N) is 2. The molecule has 4 rings (SSSR count). The van der Waals surface area contributed by atoms with Gasteiger partial charge >= 0.3 is 0 Å². The number of furan rings is 1. The number of amides is 2. The molecule has 1 fully saturated rings. The van der Waals surface area contributed by atoms with Gasteiger partial charge in [-0.25, -0.2) is 0 Å². The zero-order chi connectivity index (χ0) is 23.4. The second-order valence-electron chi connectivity index (χ2n) is 8.09. The molecule has 0 radical (unpaired) electrons. The van der Waals surface area contributed by atoms with Crippen molar-refractivity contribution in [1.82, 2.24) is 10.2 Å².